The Bertz CT molecular complexity index is 942. The van der Waals surface area contributed by atoms with E-state index in [0.29, 0.717) is 12.0 Å². The largest absolute Gasteiger partial charge is 0.481 e. The zero-order chi connectivity index (χ0) is 22.6. The van der Waals surface area contributed by atoms with Crippen molar-refractivity contribution in [1.29, 1.82) is 0 Å². The highest BCUT2D eigenvalue weighted by atomic mass is 16.6. The maximum atomic E-state index is 12.2. The van der Waals surface area contributed by atoms with E-state index >= 15 is 0 Å². The van der Waals surface area contributed by atoms with Crippen molar-refractivity contribution in [1.82, 2.24) is 10.3 Å². The summed E-state index contributed by atoms with van der Waals surface area (Å²) in [6.45, 7) is 2.13. The molecule has 2 rings (SSSR count). The topological polar surface area (TPSA) is 113 Å². The summed E-state index contributed by atoms with van der Waals surface area (Å²) in [4.78, 5) is 40.5. The summed E-state index contributed by atoms with van der Waals surface area (Å²) in [7, 11) is 2.56. The van der Waals surface area contributed by atoms with Crippen molar-refractivity contribution < 1.29 is 33.3 Å². The van der Waals surface area contributed by atoms with Crippen molar-refractivity contribution in [2.75, 3.05) is 20.8 Å². The molecule has 1 aromatic heterocycles. The van der Waals surface area contributed by atoms with E-state index in [1.54, 1.807) is 12.1 Å². The predicted octanol–water partition coefficient (Wildman–Crippen LogP) is 3.10. The molecule has 0 fully saturated rings. The molecule has 31 heavy (non-hydrogen) atoms. The number of pyridine rings is 1. The minimum Gasteiger partial charge on any atom is -0.481 e. The van der Waals surface area contributed by atoms with Crippen LogP contribution in [0.2, 0.25) is 0 Å². The number of alkyl carbamates (subject to hydrolysis) is 1. The van der Waals surface area contributed by atoms with E-state index < -0.39 is 18.0 Å². The number of nitrogens with one attached hydrogen (secondary N) is 1. The zero-order valence-electron chi connectivity index (χ0n) is 17.5. The number of ether oxygens (including phenoxy) is 4. The normalized spacial score (nSPS) is 10.7. The fourth-order valence-electron chi connectivity index (χ4n) is 2.38. The van der Waals surface area contributed by atoms with Gasteiger partial charge in [0.15, 0.2) is 5.69 Å². The zero-order valence-corrected chi connectivity index (χ0v) is 17.5. The van der Waals surface area contributed by atoms with Crippen LogP contribution in [0.5, 0.6) is 5.88 Å². The quantitative estimate of drug-likeness (QED) is 0.368. The number of nitrogens with zero attached hydrogens (tertiary/aromatic N) is 1. The lowest BCUT2D eigenvalue weighted by Gasteiger charge is -2.10. The van der Waals surface area contributed by atoms with Gasteiger partial charge in [0, 0.05) is 6.07 Å². The summed E-state index contributed by atoms with van der Waals surface area (Å²) in [6, 6.07) is 12.0. The molecule has 9 heteroatoms. The van der Waals surface area contributed by atoms with Gasteiger partial charge in [-0.3, -0.25) is 5.32 Å². The van der Waals surface area contributed by atoms with Crippen LogP contribution in [-0.2, 0) is 25.6 Å². The van der Waals surface area contributed by atoms with E-state index in [-0.39, 0.29) is 30.5 Å². The number of aromatic nitrogens is 1. The summed E-state index contributed by atoms with van der Waals surface area (Å²) in [5.41, 5.74) is 0.950. The van der Waals surface area contributed by atoms with E-state index in [9.17, 15) is 14.4 Å². The summed E-state index contributed by atoms with van der Waals surface area (Å²) in [5, 5.41) is 2.35. The Labute approximate surface area is 180 Å². The van der Waals surface area contributed by atoms with Crippen molar-refractivity contribution in [2.45, 2.75) is 20.0 Å². The maximum absolute atomic E-state index is 12.2. The Kier molecular flexibility index (Phi) is 9.03. The lowest BCUT2D eigenvalue weighted by molar-refractivity contribution is -0.136. The van der Waals surface area contributed by atoms with Crippen molar-refractivity contribution >= 4 is 24.1 Å². The summed E-state index contributed by atoms with van der Waals surface area (Å²) in [5.74, 6) is -1.30. The van der Waals surface area contributed by atoms with E-state index in [0.717, 1.165) is 5.56 Å². The van der Waals surface area contributed by atoms with Gasteiger partial charge in [0.25, 0.3) is 0 Å². The molecule has 0 spiro atoms. The highest BCUT2D eigenvalue weighted by Crippen LogP contribution is 2.16. The van der Waals surface area contributed by atoms with Gasteiger partial charge < -0.3 is 18.9 Å². The third-order valence-electron chi connectivity index (χ3n) is 3.85. The Hall–Kier alpha value is -3.88. The lowest BCUT2D eigenvalue weighted by atomic mass is 10.2. The predicted molar refractivity (Wildman–Crippen MR) is 111 cm³/mol. The van der Waals surface area contributed by atoms with Gasteiger partial charge in [-0.1, -0.05) is 37.3 Å². The first-order valence-electron chi connectivity index (χ1n) is 9.47. The average molecular weight is 428 g/mol. The molecule has 0 aliphatic rings. The first kappa shape index (κ1) is 23.4. The van der Waals surface area contributed by atoms with Gasteiger partial charge in [0.05, 0.1) is 20.8 Å². The molecule has 0 aliphatic heterocycles. The first-order chi connectivity index (χ1) is 15.0. The van der Waals surface area contributed by atoms with E-state index in [4.69, 9.17) is 18.9 Å². The van der Waals surface area contributed by atoms with Crippen molar-refractivity contribution in [3.63, 3.8) is 0 Å². The molecule has 0 unspecified atom stereocenters. The molecule has 0 saturated carbocycles. The third-order valence-corrected chi connectivity index (χ3v) is 3.85. The second kappa shape index (κ2) is 12.0. The number of hydrogen-bond acceptors (Lipinski definition) is 8. The van der Waals surface area contributed by atoms with Crippen LogP contribution in [0, 0.1) is 0 Å². The molecular weight excluding hydrogens is 404 g/mol. The third kappa shape index (κ3) is 7.46. The SMILES string of the molecule is CCCOC(=O)c1cc(/C=C(\NC(=O)OCc2ccccc2)C(=O)OC)cc(OC)n1. The van der Waals surface area contributed by atoms with Gasteiger partial charge in [-0.05, 0) is 29.7 Å². The van der Waals surface area contributed by atoms with Crippen molar-refractivity contribution in [2.24, 2.45) is 0 Å². The van der Waals surface area contributed by atoms with Gasteiger partial charge in [-0.15, -0.1) is 0 Å². The van der Waals surface area contributed by atoms with E-state index in [1.165, 1.54) is 32.4 Å². The van der Waals surface area contributed by atoms with Crippen LogP contribution in [0.25, 0.3) is 6.08 Å². The molecule has 0 aliphatic carbocycles. The number of carbonyl (C=O) groups is 3. The minimum absolute atomic E-state index is 0.00470. The van der Waals surface area contributed by atoms with Crippen LogP contribution < -0.4 is 10.1 Å². The van der Waals surface area contributed by atoms with Gasteiger partial charge in [0.1, 0.15) is 12.3 Å². The van der Waals surface area contributed by atoms with Crippen LogP contribution in [0.4, 0.5) is 4.79 Å². The molecule has 1 aromatic carbocycles. The van der Waals surface area contributed by atoms with E-state index in [2.05, 4.69) is 10.3 Å². The Morgan fingerprint density at radius 3 is 2.45 bits per heavy atom. The van der Waals surface area contributed by atoms with Crippen LogP contribution in [0.15, 0.2) is 48.2 Å². The highest BCUT2D eigenvalue weighted by molar-refractivity contribution is 5.97. The molecule has 1 heterocycles. The van der Waals surface area contributed by atoms with Crippen LogP contribution in [-0.4, -0.2) is 43.8 Å². The lowest BCUT2D eigenvalue weighted by Crippen LogP contribution is -2.28. The van der Waals surface area contributed by atoms with Crippen LogP contribution in [0.3, 0.4) is 0 Å². The summed E-state index contributed by atoms with van der Waals surface area (Å²) >= 11 is 0. The Balaban J connectivity index is 2.22. The Morgan fingerprint density at radius 1 is 1.06 bits per heavy atom. The van der Waals surface area contributed by atoms with Crippen LogP contribution in [0.1, 0.15) is 35.0 Å². The average Bonchev–Trinajstić information content (AvgIpc) is 2.80. The monoisotopic (exact) mass is 428 g/mol. The number of hydrogen-bond donors (Lipinski definition) is 1. The molecule has 0 bridgehead atoms. The number of esters is 2. The summed E-state index contributed by atoms with van der Waals surface area (Å²) < 4.78 is 20.0. The standard InChI is InChI=1S/C22H24N2O7/c1-4-10-30-21(26)18-12-16(13-19(23-18)28-2)11-17(20(25)29-3)24-22(27)31-14-15-8-6-5-7-9-15/h5-9,11-13H,4,10,14H2,1-3H3,(H,24,27)/b17-11-. The molecule has 1 N–H and O–H groups in total. The van der Waals surface area contributed by atoms with Gasteiger partial charge in [0.2, 0.25) is 5.88 Å². The van der Waals surface area contributed by atoms with Gasteiger partial charge in [-0.2, -0.15) is 0 Å². The van der Waals surface area contributed by atoms with Crippen molar-refractivity contribution in [3.8, 4) is 5.88 Å². The first-order valence-corrected chi connectivity index (χ1v) is 9.47. The smallest absolute Gasteiger partial charge is 0.412 e. The number of rotatable bonds is 9. The van der Waals surface area contributed by atoms with E-state index in [1.807, 2.05) is 25.1 Å². The second-order valence-corrected chi connectivity index (χ2v) is 6.20. The molecule has 0 saturated heterocycles. The van der Waals surface area contributed by atoms with Crippen molar-refractivity contribution in [3.05, 3.63) is 65.0 Å². The maximum Gasteiger partial charge on any atom is 0.412 e. The highest BCUT2D eigenvalue weighted by Gasteiger charge is 2.17. The molecule has 0 atom stereocenters. The number of carbonyl (C=O) groups excluding carboxylic acids is 3. The number of benzene rings is 1. The molecule has 2 aromatic rings. The fraction of sp³-hybridized carbons (Fsp3) is 0.273. The minimum atomic E-state index is -0.843. The molecule has 1 amide bonds. The van der Waals surface area contributed by atoms with Crippen LogP contribution >= 0.6 is 0 Å². The number of amides is 1. The molecular formula is C22H24N2O7. The fourth-order valence-corrected chi connectivity index (χ4v) is 2.38. The van der Waals surface area contributed by atoms with Gasteiger partial charge >= 0.3 is 18.0 Å². The van der Waals surface area contributed by atoms with Gasteiger partial charge in [-0.25, -0.2) is 19.4 Å². The second-order valence-electron chi connectivity index (χ2n) is 6.20. The summed E-state index contributed by atoms with van der Waals surface area (Å²) in [6.07, 6.45) is 1.13. The molecule has 9 nitrogen and oxygen atoms in total. The molecule has 164 valence electrons. The number of methoxy groups -OCH3 is 2. The molecule has 0 radical (unpaired) electrons. The Morgan fingerprint density at radius 2 is 1.81 bits per heavy atom.